The zero-order valence-corrected chi connectivity index (χ0v) is 15.3. The molecule has 0 saturated carbocycles. The van der Waals surface area contributed by atoms with Gasteiger partial charge >= 0.3 is 5.96 Å². The lowest BCUT2D eigenvalue weighted by Gasteiger charge is -2.19. The molecule has 1 aliphatic rings. The Hall–Kier alpha value is -2.93. The van der Waals surface area contributed by atoms with Crippen LogP contribution in [-0.4, -0.2) is 29.3 Å². The molecule has 1 aromatic carbocycles. The van der Waals surface area contributed by atoms with Crippen LogP contribution < -0.4 is 20.5 Å². The topological polar surface area (TPSA) is 81.4 Å². The second kappa shape index (κ2) is 6.76. The highest BCUT2D eigenvalue weighted by atomic mass is 16.3. The van der Waals surface area contributed by atoms with Crippen LogP contribution in [0.2, 0.25) is 0 Å². The van der Waals surface area contributed by atoms with Crippen LogP contribution in [-0.2, 0) is 6.54 Å². The average molecular weight is 352 g/mol. The standard InChI is InChI=1S/C19H22N6O/c1-12-7-16-14(3)22-19(23-17(16)8-13(12)2)24-18-20-10-25(11-21-18)9-15-5-4-6-26-15/h4-8H,9-11H2,1-3H3,(H2,20,21,22,23,24)/p+2. The zero-order chi connectivity index (χ0) is 18.1. The van der Waals surface area contributed by atoms with E-state index in [1.807, 2.05) is 19.1 Å². The minimum atomic E-state index is 0.600. The number of benzene rings is 1. The predicted molar refractivity (Wildman–Crippen MR) is 99.6 cm³/mol. The van der Waals surface area contributed by atoms with E-state index in [0.717, 1.165) is 48.2 Å². The maximum absolute atomic E-state index is 5.41. The number of guanidine groups is 1. The van der Waals surface area contributed by atoms with Gasteiger partial charge < -0.3 is 4.42 Å². The maximum Gasteiger partial charge on any atom is 0.359 e. The maximum atomic E-state index is 5.41. The smallest absolute Gasteiger partial charge is 0.359 e. The molecule has 1 aliphatic heterocycles. The quantitative estimate of drug-likeness (QED) is 0.516. The molecule has 7 heteroatoms. The fraction of sp³-hybridized carbons (Fsp3) is 0.316. The molecule has 1 unspecified atom stereocenters. The summed E-state index contributed by atoms with van der Waals surface area (Å²) in [7, 11) is 0. The SMILES string of the molecule is Cc1cc2nc(NC3=[NH+]C[NH+](Cc4ccco4)CN3)nc(C)c2cc1C. The van der Waals surface area contributed by atoms with Crippen LogP contribution in [0.5, 0.6) is 0 Å². The van der Waals surface area contributed by atoms with E-state index in [9.17, 15) is 0 Å². The van der Waals surface area contributed by atoms with Gasteiger partial charge in [0.2, 0.25) is 0 Å². The summed E-state index contributed by atoms with van der Waals surface area (Å²) in [6.07, 6.45) is 1.71. The van der Waals surface area contributed by atoms with Crippen molar-refractivity contribution in [3.05, 3.63) is 53.1 Å². The fourth-order valence-electron chi connectivity index (χ4n) is 3.13. The van der Waals surface area contributed by atoms with E-state index in [1.165, 1.54) is 16.0 Å². The predicted octanol–water partition coefficient (Wildman–Crippen LogP) is -0.400. The number of aryl methyl sites for hydroxylation is 3. The highest BCUT2D eigenvalue weighted by Gasteiger charge is 2.22. The number of nitrogens with zero attached hydrogens (tertiary/aromatic N) is 2. The van der Waals surface area contributed by atoms with Crippen LogP contribution in [0.25, 0.3) is 10.9 Å². The van der Waals surface area contributed by atoms with E-state index in [4.69, 9.17) is 4.42 Å². The molecule has 0 spiro atoms. The first-order chi connectivity index (χ1) is 12.6. The van der Waals surface area contributed by atoms with Crippen LogP contribution in [0, 0.1) is 20.8 Å². The minimum absolute atomic E-state index is 0.600. The first-order valence-corrected chi connectivity index (χ1v) is 8.82. The van der Waals surface area contributed by atoms with Gasteiger partial charge in [-0.25, -0.2) is 20.6 Å². The van der Waals surface area contributed by atoms with Gasteiger partial charge in [-0.2, -0.15) is 4.98 Å². The molecule has 4 rings (SSSR count). The number of nitrogens with one attached hydrogen (secondary N) is 4. The van der Waals surface area contributed by atoms with Crippen molar-refractivity contribution < 1.29 is 14.3 Å². The summed E-state index contributed by atoms with van der Waals surface area (Å²) >= 11 is 0. The van der Waals surface area contributed by atoms with E-state index in [0.29, 0.717) is 5.95 Å². The molecule has 3 aromatic rings. The van der Waals surface area contributed by atoms with Crippen LogP contribution >= 0.6 is 0 Å². The van der Waals surface area contributed by atoms with E-state index in [-0.39, 0.29) is 0 Å². The third-order valence-corrected chi connectivity index (χ3v) is 4.77. The molecule has 2 aromatic heterocycles. The molecule has 0 radical (unpaired) electrons. The number of fused-ring (bicyclic) bond motifs is 1. The Morgan fingerprint density at radius 1 is 1.23 bits per heavy atom. The number of quaternary nitrogens is 1. The van der Waals surface area contributed by atoms with Gasteiger partial charge in [0.15, 0.2) is 19.1 Å². The Labute approximate surface area is 152 Å². The Morgan fingerprint density at radius 2 is 2.08 bits per heavy atom. The lowest BCUT2D eigenvalue weighted by atomic mass is 10.1. The van der Waals surface area contributed by atoms with Crippen molar-refractivity contribution in [2.45, 2.75) is 27.3 Å². The van der Waals surface area contributed by atoms with Crippen LogP contribution in [0.4, 0.5) is 5.95 Å². The summed E-state index contributed by atoms with van der Waals surface area (Å²) in [5.41, 5.74) is 4.43. The van der Waals surface area contributed by atoms with Gasteiger partial charge in [0, 0.05) is 5.39 Å². The van der Waals surface area contributed by atoms with Crippen LogP contribution in [0.3, 0.4) is 0 Å². The number of aromatic nitrogens is 2. The van der Waals surface area contributed by atoms with Gasteiger partial charge in [-0.15, -0.1) is 0 Å². The third-order valence-electron chi connectivity index (χ3n) is 4.77. The number of rotatable bonds is 3. The van der Waals surface area contributed by atoms with Crippen LogP contribution in [0.1, 0.15) is 22.6 Å². The van der Waals surface area contributed by atoms with Gasteiger partial charge in [0.05, 0.1) is 17.5 Å². The first-order valence-electron chi connectivity index (χ1n) is 8.82. The molecule has 0 aliphatic carbocycles. The van der Waals surface area contributed by atoms with E-state index < -0.39 is 0 Å². The van der Waals surface area contributed by atoms with Crippen molar-refractivity contribution in [3.8, 4) is 0 Å². The van der Waals surface area contributed by atoms with Gasteiger partial charge in [0.1, 0.15) is 6.54 Å². The fourth-order valence-corrected chi connectivity index (χ4v) is 3.13. The lowest BCUT2D eigenvalue weighted by molar-refractivity contribution is -0.992. The molecule has 7 nitrogen and oxygen atoms in total. The molecule has 26 heavy (non-hydrogen) atoms. The molecule has 0 saturated heterocycles. The molecule has 3 heterocycles. The van der Waals surface area contributed by atoms with Crippen molar-refractivity contribution in [3.63, 3.8) is 0 Å². The number of hydrogen-bond acceptors (Lipinski definition) is 5. The molecule has 0 amide bonds. The van der Waals surface area contributed by atoms with Crippen LogP contribution in [0.15, 0.2) is 34.9 Å². The second-order valence-corrected chi connectivity index (χ2v) is 6.80. The number of anilines is 1. The lowest BCUT2D eigenvalue weighted by Crippen LogP contribution is -3.23. The molecule has 0 fully saturated rings. The molecule has 134 valence electrons. The normalized spacial score (nSPS) is 17.0. The number of hydrogen-bond donors (Lipinski definition) is 4. The van der Waals surface area contributed by atoms with Crippen molar-refractivity contribution in [1.29, 1.82) is 0 Å². The van der Waals surface area contributed by atoms with Gasteiger partial charge in [-0.3, -0.25) is 4.90 Å². The summed E-state index contributed by atoms with van der Waals surface area (Å²) in [4.78, 5) is 14.0. The Balaban J connectivity index is 1.49. The summed E-state index contributed by atoms with van der Waals surface area (Å²) in [6, 6.07) is 8.19. The monoisotopic (exact) mass is 352 g/mol. The van der Waals surface area contributed by atoms with Gasteiger partial charge in [-0.05, 0) is 56.2 Å². The third kappa shape index (κ3) is 3.39. The molecule has 4 N–H and O–H groups in total. The summed E-state index contributed by atoms with van der Waals surface area (Å²) in [5.74, 6) is 2.41. The Bertz CT molecular complexity index is 964. The molecular formula is C19H24N6O+2. The van der Waals surface area contributed by atoms with Crippen molar-refractivity contribution >= 4 is 22.8 Å². The molecule has 0 bridgehead atoms. The highest BCUT2D eigenvalue weighted by molar-refractivity contribution is 5.89. The highest BCUT2D eigenvalue weighted by Crippen LogP contribution is 2.21. The summed E-state index contributed by atoms with van der Waals surface area (Å²) in [6.45, 7) is 8.66. The van der Waals surface area contributed by atoms with Crippen molar-refractivity contribution in [2.75, 3.05) is 18.7 Å². The molecule has 1 atom stereocenters. The Morgan fingerprint density at radius 3 is 2.81 bits per heavy atom. The van der Waals surface area contributed by atoms with E-state index >= 15 is 0 Å². The second-order valence-electron chi connectivity index (χ2n) is 6.80. The summed E-state index contributed by atoms with van der Waals surface area (Å²) < 4.78 is 5.41. The minimum Gasteiger partial charge on any atom is -0.463 e. The van der Waals surface area contributed by atoms with Gasteiger partial charge in [-0.1, -0.05) is 0 Å². The van der Waals surface area contributed by atoms with Crippen molar-refractivity contribution in [1.82, 2.24) is 15.3 Å². The zero-order valence-electron chi connectivity index (χ0n) is 15.3. The Kier molecular flexibility index (Phi) is 4.30. The van der Waals surface area contributed by atoms with E-state index in [1.54, 1.807) is 6.26 Å². The molecular weight excluding hydrogens is 328 g/mol. The first kappa shape index (κ1) is 16.5. The van der Waals surface area contributed by atoms with E-state index in [2.05, 4.69) is 51.6 Å². The van der Waals surface area contributed by atoms with Crippen molar-refractivity contribution in [2.24, 2.45) is 0 Å². The van der Waals surface area contributed by atoms with Gasteiger partial charge in [0.25, 0.3) is 5.95 Å². The largest absolute Gasteiger partial charge is 0.463 e. The average Bonchev–Trinajstić information content (AvgIpc) is 3.12. The number of furan rings is 1. The summed E-state index contributed by atoms with van der Waals surface area (Å²) in [5, 5.41) is 7.72.